The lowest BCUT2D eigenvalue weighted by Crippen LogP contribution is -2.52. The molecule has 0 aromatic carbocycles. The van der Waals surface area contributed by atoms with E-state index in [-0.39, 0.29) is 5.91 Å². The van der Waals surface area contributed by atoms with Crippen LogP contribution in [0.4, 0.5) is 0 Å². The first-order valence-corrected chi connectivity index (χ1v) is 6.78. The Bertz CT molecular complexity index is 338. The van der Waals surface area contributed by atoms with Crippen LogP contribution in [0.25, 0.3) is 0 Å². The fraction of sp³-hybridized carbons (Fsp3) is 0.846. The molecule has 0 bridgehead atoms. The molecule has 2 fully saturated rings. The minimum absolute atomic E-state index is 0.136. The van der Waals surface area contributed by atoms with E-state index >= 15 is 0 Å². The van der Waals surface area contributed by atoms with Crippen molar-refractivity contribution in [1.82, 2.24) is 14.7 Å². The summed E-state index contributed by atoms with van der Waals surface area (Å²) in [6.07, 6.45) is 2.99. The summed E-state index contributed by atoms with van der Waals surface area (Å²) in [4.78, 5) is 18.4. The maximum Gasteiger partial charge on any atom is 0.236 e. The molecule has 0 aromatic heterocycles. The number of rotatable bonds is 4. The van der Waals surface area contributed by atoms with Gasteiger partial charge in [0.15, 0.2) is 0 Å². The number of fused-ring (bicyclic) bond motifs is 1. The summed E-state index contributed by atoms with van der Waals surface area (Å²) < 4.78 is 0. The molecule has 2 saturated heterocycles. The van der Waals surface area contributed by atoms with E-state index in [1.165, 1.54) is 19.4 Å². The maximum atomic E-state index is 12.0. The standard InChI is InChI=1S/C13H22N4O/c1-15(6-3-5-14)13(18)11-16-8-9-17-7-2-4-12(17)10-16/h12H,2-4,6-11H2,1H3. The average molecular weight is 250 g/mol. The first-order valence-electron chi connectivity index (χ1n) is 6.78. The number of carbonyl (C=O) groups excluding carboxylic acids is 1. The minimum atomic E-state index is 0.136. The second kappa shape index (κ2) is 6.17. The van der Waals surface area contributed by atoms with Gasteiger partial charge in [0.2, 0.25) is 5.91 Å². The highest BCUT2D eigenvalue weighted by molar-refractivity contribution is 5.78. The molecule has 5 heteroatoms. The highest BCUT2D eigenvalue weighted by atomic mass is 16.2. The average Bonchev–Trinajstić information content (AvgIpc) is 2.83. The first kappa shape index (κ1) is 13.3. The van der Waals surface area contributed by atoms with Crippen LogP contribution >= 0.6 is 0 Å². The molecule has 1 amide bonds. The van der Waals surface area contributed by atoms with Gasteiger partial charge in [0.25, 0.3) is 0 Å². The predicted molar refractivity (Wildman–Crippen MR) is 68.9 cm³/mol. The summed E-state index contributed by atoms with van der Waals surface area (Å²) in [6, 6.07) is 2.74. The van der Waals surface area contributed by atoms with Crippen LogP contribution in [0.1, 0.15) is 19.3 Å². The highest BCUT2D eigenvalue weighted by Gasteiger charge is 2.31. The van der Waals surface area contributed by atoms with E-state index in [2.05, 4.69) is 15.9 Å². The van der Waals surface area contributed by atoms with Crippen LogP contribution in [-0.2, 0) is 4.79 Å². The van der Waals surface area contributed by atoms with E-state index in [0.717, 1.165) is 19.6 Å². The lowest BCUT2D eigenvalue weighted by Gasteiger charge is -2.37. The molecule has 2 aliphatic heterocycles. The molecule has 0 aromatic rings. The zero-order valence-electron chi connectivity index (χ0n) is 11.1. The van der Waals surface area contributed by atoms with E-state index in [1.807, 2.05) is 0 Å². The number of carbonyl (C=O) groups is 1. The Labute approximate surface area is 109 Å². The second-order valence-electron chi connectivity index (χ2n) is 5.29. The van der Waals surface area contributed by atoms with Crippen LogP contribution in [0.15, 0.2) is 0 Å². The molecule has 0 radical (unpaired) electrons. The Balaban J connectivity index is 1.76. The molecule has 1 unspecified atom stereocenters. The van der Waals surface area contributed by atoms with Gasteiger partial charge in [-0.3, -0.25) is 14.6 Å². The van der Waals surface area contributed by atoms with Crippen molar-refractivity contribution in [2.24, 2.45) is 0 Å². The van der Waals surface area contributed by atoms with Crippen LogP contribution in [-0.4, -0.2) is 73.0 Å². The Kier molecular flexibility index (Phi) is 4.56. The fourth-order valence-electron chi connectivity index (χ4n) is 2.85. The van der Waals surface area contributed by atoms with Gasteiger partial charge in [-0.15, -0.1) is 0 Å². The highest BCUT2D eigenvalue weighted by Crippen LogP contribution is 2.21. The number of piperazine rings is 1. The minimum Gasteiger partial charge on any atom is -0.344 e. The molecule has 0 N–H and O–H groups in total. The summed E-state index contributed by atoms with van der Waals surface area (Å²) in [5.74, 6) is 0.136. The second-order valence-corrected chi connectivity index (χ2v) is 5.29. The number of hydrogen-bond donors (Lipinski definition) is 0. The number of likely N-dealkylation sites (N-methyl/N-ethyl adjacent to an activating group) is 1. The molecule has 2 rings (SSSR count). The van der Waals surface area contributed by atoms with Gasteiger partial charge in [0.05, 0.1) is 19.0 Å². The van der Waals surface area contributed by atoms with E-state index in [1.54, 1.807) is 11.9 Å². The van der Waals surface area contributed by atoms with Crippen molar-refractivity contribution in [3.05, 3.63) is 0 Å². The van der Waals surface area contributed by atoms with Gasteiger partial charge < -0.3 is 4.90 Å². The molecular formula is C13H22N4O. The molecule has 2 heterocycles. The lowest BCUT2D eigenvalue weighted by atomic mass is 10.1. The molecule has 2 aliphatic rings. The van der Waals surface area contributed by atoms with Gasteiger partial charge in [0, 0.05) is 39.3 Å². The zero-order valence-corrected chi connectivity index (χ0v) is 11.1. The molecule has 1 atom stereocenters. The number of nitrogens with zero attached hydrogens (tertiary/aromatic N) is 4. The van der Waals surface area contributed by atoms with Crippen LogP contribution in [0, 0.1) is 11.3 Å². The Morgan fingerprint density at radius 2 is 2.28 bits per heavy atom. The van der Waals surface area contributed by atoms with Gasteiger partial charge in [-0.1, -0.05) is 0 Å². The molecular weight excluding hydrogens is 228 g/mol. The summed E-state index contributed by atoms with van der Waals surface area (Å²) in [5.41, 5.74) is 0. The van der Waals surface area contributed by atoms with Crippen molar-refractivity contribution in [2.75, 3.05) is 46.3 Å². The quantitative estimate of drug-likeness (QED) is 0.712. The fourth-order valence-corrected chi connectivity index (χ4v) is 2.85. The third kappa shape index (κ3) is 3.21. The lowest BCUT2D eigenvalue weighted by molar-refractivity contribution is -0.131. The molecule has 5 nitrogen and oxygen atoms in total. The van der Waals surface area contributed by atoms with Gasteiger partial charge in [0.1, 0.15) is 0 Å². The summed E-state index contributed by atoms with van der Waals surface area (Å²) >= 11 is 0. The third-order valence-corrected chi connectivity index (χ3v) is 4.02. The number of nitriles is 1. The number of hydrogen-bond acceptors (Lipinski definition) is 4. The summed E-state index contributed by atoms with van der Waals surface area (Å²) in [6.45, 7) is 5.39. The largest absolute Gasteiger partial charge is 0.344 e. The van der Waals surface area contributed by atoms with Gasteiger partial charge in [-0.2, -0.15) is 5.26 Å². The van der Waals surface area contributed by atoms with Gasteiger partial charge in [-0.25, -0.2) is 0 Å². The van der Waals surface area contributed by atoms with Crippen molar-refractivity contribution in [3.63, 3.8) is 0 Å². The van der Waals surface area contributed by atoms with Crippen molar-refractivity contribution < 1.29 is 4.79 Å². The van der Waals surface area contributed by atoms with E-state index in [9.17, 15) is 4.79 Å². The van der Waals surface area contributed by atoms with Crippen LogP contribution in [0.3, 0.4) is 0 Å². The number of amides is 1. The Morgan fingerprint density at radius 1 is 1.44 bits per heavy atom. The van der Waals surface area contributed by atoms with Gasteiger partial charge in [-0.05, 0) is 19.4 Å². The van der Waals surface area contributed by atoms with E-state index < -0.39 is 0 Å². The third-order valence-electron chi connectivity index (χ3n) is 4.02. The normalized spacial score (nSPS) is 24.6. The molecule has 0 spiro atoms. The zero-order chi connectivity index (χ0) is 13.0. The Hall–Kier alpha value is -1.12. The molecule has 100 valence electrons. The van der Waals surface area contributed by atoms with Crippen LogP contribution < -0.4 is 0 Å². The van der Waals surface area contributed by atoms with Gasteiger partial charge >= 0.3 is 0 Å². The predicted octanol–water partition coefficient (Wildman–Crippen LogP) is 0.138. The van der Waals surface area contributed by atoms with Crippen molar-refractivity contribution >= 4 is 5.91 Å². The SMILES string of the molecule is CN(CCC#N)C(=O)CN1CCN2CCCC2C1. The molecule has 0 aliphatic carbocycles. The smallest absolute Gasteiger partial charge is 0.236 e. The van der Waals surface area contributed by atoms with Crippen LogP contribution in [0.5, 0.6) is 0 Å². The summed E-state index contributed by atoms with van der Waals surface area (Å²) in [5, 5.41) is 8.52. The van der Waals surface area contributed by atoms with E-state index in [4.69, 9.17) is 5.26 Å². The molecule has 18 heavy (non-hydrogen) atoms. The first-order chi connectivity index (χ1) is 8.70. The molecule has 0 saturated carbocycles. The van der Waals surface area contributed by atoms with Crippen molar-refractivity contribution in [3.8, 4) is 6.07 Å². The topological polar surface area (TPSA) is 50.6 Å². The Morgan fingerprint density at radius 3 is 3.06 bits per heavy atom. The monoisotopic (exact) mass is 250 g/mol. The van der Waals surface area contributed by atoms with Crippen molar-refractivity contribution in [1.29, 1.82) is 5.26 Å². The summed E-state index contributed by atoms with van der Waals surface area (Å²) in [7, 11) is 1.78. The van der Waals surface area contributed by atoms with E-state index in [0.29, 0.717) is 25.6 Å². The van der Waals surface area contributed by atoms with Crippen molar-refractivity contribution in [2.45, 2.75) is 25.3 Å². The van der Waals surface area contributed by atoms with Crippen LogP contribution in [0.2, 0.25) is 0 Å². The maximum absolute atomic E-state index is 12.0.